The van der Waals surface area contributed by atoms with E-state index < -0.39 is 0 Å². The van der Waals surface area contributed by atoms with Gasteiger partial charge in [0.1, 0.15) is 5.75 Å². The van der Waals surface area contributed by atoms with E-state index in [-0.39, 0.29) is 5.41 Å². The van der Waals surface area contributed by atoms with Gasteiger partial charge in [-0.3, -0.25) is 0 Å². The second-order valence-corrected chi connectivity index (χ2v) is 6.01. The Morgan fingerprint density at radius 2 is 1.48 bits per heavy atom. The number of methoxy groups -OCH3 is 3. The van der Waals surface area contributed by atoms with Gasteiger partial charge in [-0.1, -0.05) is 32.0 Å². The minimum Gasteiger partial charge on any atom is -0.495 e. The van der Waals surface area contributed by atoms with Crippen molar-refractivity contribution in [2.24, 2.45) is 0 Å². The molecule has 0 atom stereocenters. The van der Waals surface area contributed by atoms with E-state index in [1.54, 1.807) is 21.3 Å². The van der Waals surface area contributed by atoms with Crippen LogP contribution in [0.4, 0.5) is 5.69 Å². The van der Waals surface area contributed by atoms with Crippen molar-refractivity contribution >= 4 is 5.69 Å². The van der Waals surface area contributed by atoms with Gasteiger partial charge in [0, 0.05) is 12.0 Å². The maximum atomic E-state index is 5.41. The molecule has 0 amide bonds. The van der Waals surface area contributed by atoms with E-state index >= 15 is 0 Å². The lowest BCUT2D eigenvalue weighted by atomic mass is 9.84. The van der Waals surface area contributed by atoms with Gasteiger partial charge in [0.2, 0.25) is 0 Å². The van der Waals surface area contributed by atoms with Gasteiger partial charge in [0.25, 0.3) is 0 Å². The summed E-state index contributed by atoms with van der Waals surface area (Å²) in [6.45, 7) is 5.15. The summed E-state index contributed by atoms with van der Waals surface area (Å²) in [6.07, 6.45) is 0. The maximum Gasteiger partial charge on any atom is 0.161 e. The van der Waals surface area contributed by atoms with E-state index in [1.807, 2.05) is 36.4 Å². The van der Waals surface area contributed by atoms with Crippen LogP contribution in [0.3, 0.4) is 0 Å². The Bertz CT molecular complexity index is 653. The molecule has 1 N–H and O–H groups in total. The molecule has 2 aromatic rings. The zero-order chi connectivity index (χ0) is 16.9. The SMILES string of the molecule is COc1ccccc1NCC(C)(C)c1ccc(OC)c(OC)c1. The Kier molecular flexibility index (Phi) is 5.37. The highest BCUT2D eigenvalue weighted by Gasteiger charge is 2.22. The van der Waals surface area contributed by atoms with E-state index in [4.69, 9.17) is 14.2 Å². The van der Waals surface area contributed by atoms with E-state index in [0.717, 1.165) is 29.5 Å². The first-order chi connectivity index (χ1) is 11.0. The van der Waals surface area contributed by atoms with Gasteiger partial charge in [0.15, 0.2) is 11.5 Å². The Morgan fingerprint density at radius 1 is 0.826 bits per heavy atom. The molecule has 0 heterocycles. The summed E-state index contributed by atoms with van der Waals surface area (Å²) in [5, 5.41) is 3.47. The topological polar surface area (TPSA) is 39.7 Å². The molecule has 2 rings (SSSR count). The van der Waals surface area contributed by atoms with E-state index in [9.17, 15) is 0 Å². The van der Waals surface area contributed by atoms with Crippen molar-refractivity contribution in [3.8, 4) is 17.2 Å². The van der Waals surface area contributed by atoms with Crippen LogP contribution in [-0.2, 0) is 5.41 Å². The normalized spacial score (nSPS) is 11.0. The third-order valence-electron chi connectivity index (χ3n) is 3.99. The lowest BCUT2D eigenvalue weighted by Crippen LogP contribution is -2.27. The molecule has 23 heavy (non-hydrogen) atoms. The van der Waals surface area contributed by atoms with Crippen molar-refractivity contribution in [2.75, 3.05) is 33.2 Å². The highest BCUT2D eigenvalue weighted by molar-refractivity contribution is 5.56. The largest absolute Gasteiger partial charge is 0.495 e. The molecule has 0 radical (unpaired) electrons. The highest BCUT2D eigenvalue weighted by atomic mass is 16.5. The van der Waals surface area contributed by atoms with Gasteiger partial charge >= 0.3 is 0 Å². The lowest BCUT2D eigenvalue weighted by Gasteiger charge is -2.27. The highest BCUT2D eigenvalue weighted by Crippen LogP contribution is 2.34. The molecule has 0 spiro atoms. The van der Waals surface area contributed by atoms with Gasteiger partial charge in [0.05, 0.1) is 27.0 Å². The second kappa shape index (κ2) is 7.27. The van der Waals surface area contributed by atoms with Crippen LogP contribution in [-0.4, -0.2) is 27.9 Å². The molecule has 4 nitrogen and oxygen atoms in total. The number of nitrogens with one attached hydrogen (secondary N) is 1. The fourth-order valence-corrected chi connectivity index (χ4v) is 2.47. The molecule has 0 unspecified atom stereocenters. The van der Waals surface area contributed by atoms with E-state index in [0.29, 0.717) is 0 Å². The summed E-state index contributed by atoms with van der Waals surface area (Å²) in [7, 11) is 4.98. The molecule has 0 saturated heterocycles. The molecule has 0 saturated carbocycles. The zero-order valence-electron chi connectivity index (χ0n) is 14.5. The van der Waals surface area contributed by atoms with Crippen LogP contribution in [0.5, 0.6) is 17.2 Å². The summed E-state index contributed by atoms with van der Waals surface area (Å²) < 4.78 is 16.1. The van der Waals surface area contributed by atoms with Gasteiger partial charge in [-0.05, 0) is 29.8 Å². The number of ether oxygens (including phenoxy) is 3. The number of hydrogen-bond donors (Lipinski definition) is 1. The van der Waals surface area contributed by atoms with Gasteiger partial charge in [-0.2, -0.15) is 0 Å². The van der Waals surface area contributed by atoms with Crippen LogP contribution < -0.4 is 19.5 Å². The number of benzene rings is 2. The molecule has 0 aliphatic carbocycles. The van der Waals surface area contributed by atoms with Gasteiger partial charge in [-0.15, -0.1) is 0 Å². The molecule has 124 valence electrons. The average Bonchev–Trinajstić information content (AvgIpc) is 2.59. The molecular formula is C19H25NO3. The minimum absolute atomic E-state index is 0.0829. The molecule has 2 aromatic carbocycles. The van der Waals surface area contributed by atoms with Crippen molar-refractivity contribution in [3.63, 3.8) is 0 Å². The predicted molar refractivity (Wildman–Crippen MR) is 94.1 cm³/mol. The van der Waals surface area contributed by atoms with Gasteiger partial charge in [-0.25, -0.2) is 0 Å². The number of hydrogen-bond acceptors (Lipinski definition) is 4. The van der Waals surface area contributed by atoms with Crippen molar-refractivity contribution in [2.45, 2.75) is 19.3 Å². The summed E-state index contributed by atoms with van der Waals surface area (Å²) in [4.78, 5) is 0. The molecule has 0 aliphatic rings. The molecule has 4 heteroatoms. The number of rotatable bonds is 7. The fourth-order valence-electron chi connectivity index (χ4n) is 2.47. The van der Waals surface area contributed by atoms with Crippen molar-refractivity contribution < 1.29 is 14.2 Å². The Labute approximate surface area is 138 Å². The standard InChI is InChI=1S/C19H25NO3/c1-19(2,13-20-15-8-6-7-9-16(15)21-3)14-10-11-17(22-4)18(12-14)23-5/h6-12,20H,13H2,1-5H3. The van der Waals surface area contributed by atoms with Crippen LogP contribution in [0.1, 0.15) is 19.4 Å². The molecule has 0 bridgehead atoms. The summed E-state index contributed by atoms with van der Waals surface area (Å²) in [5.74, 6) is 2.33. The Morgan fingerprint density at radius 3 is 2.13 bits per heavy atom. The van der Waals surface area contributed by atoms with E-state index in [2.05, 4.69) is 25.2 Å². The maximum absolute atomic E-state index is 5.41. The van der Waals surface area contributed by atoms with Crippen LogP contribution in [0.25, 0.3) is 0 Å². The fraction of sp³-hybridized carbons (Fsp3) is 0.368. The summed E-state index contributed by atoms with van der Waals surface area (Å²) in [5.41, 5.74) is 2.08. The van der Waals surface area contributed by atoms with Crippen LogP contribution in [0.15, 0.2) is 42.5 Å². The first kappa shape index (κ1) is 17.0. The predicted octanol–water partition coefficient (Wildman–Crippen LogP) is 4.10. The van der Waals surface area contributed by atoms with Crippen LogP contribution in [0.2, 0.25) is 0 Å². The smallest absolute Gasteiger partial charge is 0.161 e. The summed E-state index contributed by atoms with van der Waals surface area (Å²) >= 11 is 0. The molecule has 0 aromatic heterocycles. The summed E-state index contributed by atoms with van der Waals surface area (Å²) in [6, 6.07) is 14.0. The third kappa shape index (κ3) is 3.89. The van der Waals surface area contributed by atoms with Crippen molar-refractivity contribution in [1.29, 1.82) is 0 Å². The van der Waals surface area contributed by atoms with Crippen molar-refractivity contribution in [3.05, 3.63) is 48.0 Å². The molecule has 0 aliphatic heterocycles. The average molecular weight is 315 g/mol. The first-order valence-corrected chi connectivity index (χ1v) is 7.61. The van der Waals surface area contributed by atoms with E-state index in [1.165, 1.54) is 5.56 Å². The quantitative estimate of drug-likeness (QED) is 0.835. The third-order valence-corrected chi connectivity index (χ3v) is 3.99. The van der Waals surface area contributed by atoms with Gasteiger partial charge < -0.3 is 19.5 Å². The number of para-hydroxylation sites is 2. The Hall–Kier alpha value is -2.36. The molecule has 0 fully saturated rings. The number of anilines is 1. The van der Waals surface area contributed by atoms with Crippen molar-refractivity contribution in [1.82, 2.24) is 0 Å². The first-order valence-electron chi connectivity index (χ1n) is 7.61. The molecular weight excluding hydrogens is 290 g/mol. The monoisotopic (exact) mass is 315 g/mol. The zero-order valence-corrected chi connectivity index (χ0v) is 14.5. The lowest BCUT2D eigenvalue weighted by molar-refractivity contribution is 0.353. The minimum atomic E-state index is -0.0829. The Balaban J connectivity index is 2.18. The van der Waals surface area contributed by atoms with Crippen LogP contribution >= 0.6 is 0 Å². The second-order valence-electron chi connectivity index (χ2n) is 6.01. The van der Waals surface area contributed by atoms with Crippen LogP contribution in [0, 0.1) is 0 Å².